The Balaban J connectivity index is 1.71. The van der Waals surface area contributed by atoms with Crippen LogP contribution in [0.5, 0.6) is 5.75 Å². The molecule has 2 saturated heterocycles. The predicted molar refractivity (Wildman–Crippen MR) is 157 cm³/mol. The second-order valence-electron chi connectivity index (χ2n) is 11.0. The summed E-state index contributed by atoms with van der Waals surface area (Å²) >= 11 is 6.63. The van der Waals surface area contributed by atoms with Crippen LogP contribution in [0.1, 0.15) is 44.9 Å². The lowest BCUT2D eigenvalue weighted by atomic mass is 9.72. The number of halogens is 1. The number of hydrogen-bond acceptors (Lipinski definition) is 9. The molecule has 10 nitrogen and oxygen atoms in total. The van der Waals surface area contributed by atoms with Gasteiger partial charge in [0.05, 0.1) is 16.3 Å². The van der Waals surface area contributed by atoms with Gasteiger partial charge in [-0.25, -0.2) is 9.97 Å². The number of hydrogen-bond donors (Lipinski definition) is 4. The van der Waals surface area contributed by atoms with E-state index in [-0.39, 0.29) is 29.4 Å². The van der Waals surface area contributed by atoms with Gasteiger partial charge in [0.1, 0.15) is 30.0 Å². The molecule has 0 saturated carbocycles. The number of carbonyl (C=O) groups is 1. The van der Waals surface area contributed by atoms with E-state index in [0.717, 1.165) is 50.4 Å². The summed E-state index contributed by atoms with van der Waals surface area (Å²) in [5, 5.41) is 32.2. The largest absolute Gasteiger partial charge is 0.512 e. The van der Waals surface area contributed by atoms with Gasteiger partial charge < -0.3 is 35.5 Å². The number of allylic oxidation sites excluding steroid dienone is 2. The molecule has 4 rings (SSSR count). The van der Waals surface area contributed by atoms with Crippen LogP contribution in [0.2, 0.25) is 5.02 Å². The quantitative estimate of drug-likeness (QED) is 0.264. The maximum absolute atomic E-state index is 11.8. The number of aliphatic hydroxyl groups excluding tert-OH is 2. The number of aliphatic hydroxyl groups is 2. The van der Waals surface area contributed by atoms with Crippen molar-refractivity contribution in [2.24, 2.45) is 5.41 Å². The Hall–Kier alpha value is -3.21. The topological polar surface area (TPSA) is 135 Å². The number of nitrogens with zero attached hydrogens (tertiary/aromatic N) is 4. The molecular formula is C29H39ClN6O4. The Bertz CT molecular complexity index is 1310. The zero-order valence-electron chi connectivity index (χ0n) is 23.8. The SMILES string of the molecule is CNC[C@@H](O)COc1ccc(Cl)c(-c2nc(/C(C(C)=N)=C(\C)O)c(C)c(N3CC4(CCN(C(C)=O)CC4)C3)n2)c1. The number of amides is 1. The number of nitrogens with one attached hydrogen (secondary N) is 2. The first-order valence-corrected chi connectivity index (χ1v) is 13.9. The van der Waals surface area contributed by atoms with E-state index < -0.39 is 6.10 Å². The molecule has 2 aromatic rings. The van der Waals surface area contributed by atoms with Crippen LogP contribution in [0.15, 0.2) is 24.0 Å². The minimum Gasteiger partial charge on any atom is -0.512 e. The van der Waals surface area contributed by atoms with Crippen molar-refractivity contribution in [2.45, 2.75) is 46.6 Å². The molecule has 1 amide bonds. The van der Waals surface area contributed by atoms with E-state index in [1.165, 1.54) is 0 Å². The number of piperidine rings is 1. The van der Waals surface area contributed by atoms with Gasteiger partial charge in [-0.3, -0.25) is 4.79 Å². The molecule has 2 aliphatic rings. The van der Waals surface area contributed by atoms with Gasteiger partial charge in [0.2, 0.25) is 5.91 Å². The summed E-state index contributed by atoms with van der Waals surface area (Å²) in [6.45, 7) is 10.3. The van der Waals surface area contributed by atoms with Gasteiger partial charge >= 0.3 is 0 Å². The van der Waals surface area contributed by atoms with Gasteiger partial charge in [-0.05, 0) is 58.9 Å². The van der Waals surface area contributed by atoms with E-state index in [2.05, 4.69) is 10.2 Å². The second kappa shape index (κ2) is 12.1. The van der Waals surface area contributed by atoms with E-state index in [9.17, 15) is 15.0 Å². The number of anilines is 1. The normalized spacial score (nSPS) is 17.8. The van der Waals surface area contributed by atoms with Gasteiger partial charge in [0, 0.05) is 61.9 Å². The Labute approximate surface area is 240 Å². The highest BCUT2D eigenvalue weighted by atomic mass is 35.5. The molecule has 1 spiro atoms. The maximum atomic E-state index is 11.8. The highest BCUT2D eigenvalue weighted by Gasteiger charge is 2.46. The van der Waals surface area contributed by atoms with Crippen molar-refractivity contribution in [1.82, 2.24) is 20.2 Å². The molecule has 0 radical (unpaired) electrons. The standard InChI is InChI=1S/C29H39ClN6O4/c1-17-26(25(18(2)31)19(3)37)33-27(23-12-22(6-7-24(23)30)40-14-21(39)13-32-5)34-28(17)36-15-29(16-36)8-10-35(11-9-29)20(4)38/h6-7,12,21,31-32,37,39H,8-11,13-16H2,1-5H3/b25-19+,31-18?/t21-/m1/s1. The highest BCUT2D eigenvalue weighted by Crippen LogP contribution is 2.44. The third-order valence-electron chi connectivity index (χ3n) is 7.78. The van der Waals surface area contributed by atoms with Crippen molar-refractivity contribution in [2.75, 3.05) is 51.3 Å². The number of carbonyl (C=O) groups excluding carboxylic acids is 1. The van der Waals surface area contributed by atoms with Crippen LogP contribution < -0.4 is 15.0 Å². The minimum absolute atomic E-state index is 0.00425. The fourth-order valence-corrected chi connectivity index (χ4v) is 5.78. The molecule has 1 aromatic carbocycles. The van der Waals surface area contributed by atoms with Crippen LogP contribution in [-0.2, 0) is 4.79 Å². The summed E-state index contributed by atoms with van der Waals surface area (Å²) in [4.78, 5) is 25.7. The lowest BCUT2D eigenvalue weighted by Gasteiger charge is -2.54. The Morgan fingerprint density at radius 3 is 2.48 bits per heavy atom. The average Bonchev–Trinajstić information content (AvgIpc) is 2.88. The summed E-state index contributed by atoms with van der Waals surface area (Å²) < 4.78 is 5.80. The zero-order chi connectivity index (χ0) is 29.2. The van der Waals surface area contributed by atoms with Gasteiger partial charge in [0.15, 0.2) is 5.82 Å². The molecule has 1 atom stereocenters. The van der Waals surface area contributed by atoms with Crippen LogP contribution in [-0.4, -0.2) is 89.2 Å². The van der Waals surface area contributed by atoms with E-state index in [1.54, 1.807) is 46.0 Å². The van der Waals surface area contributed by atoms with E-state index in [4.69, 9.17) is 31.7 Å². The summed E-state index contributed by atoms with van der Waals surface area (Å²) in [6, 6.07) is 5.18. The number of rotatable bonds is 9. The molecule has 11 heteroatoms. The summed E-state index contributed by atoms with van der Waals surface area (Å²) in [5.74, 6) is 1.72. The molecule has 40 heavy (non-hydrogen) atoms. The fourth-order valence-electron chi connectivity index (χ4n) is 5.57. The molecule has 4 N–H and O–H groups in total. The highest BCUT2D eigenvalue weighted by molar-refractivity contribution is 6.33. The van der Waals surface area contributed by atoms with Crippen molar-refractivity contribution < 1.29 is 19.7 Å². The van der Waals surface area contributed by atoms with Crippen LogP contribution in [0.3, 0.4) is 0 Å². The molecule has 0 aliphatic carbocycles. The van der Waals surface area contributed by atoms with Gasteiger partial charge in [-0.15, -0.1) is 0 Å². The summed E-state index contributed by atoms with van der Waals surface area (Å²) in [5.41, 5.74) is 2.47. The molecular weight excluding hydrogens is 532 g/mol. The smallest absolute Gasteiger partial charge is 0.219 e. The third-order valence-corrected chi connectivity index (χ3v) is 8.11. The number of ether oxygens (including phenoxy) is 1. The molecule has 1 aromatic heterocycles. The van der Waals surface area contributed by atoms with E-state index in [0.29, 0.717) is 40.0 Å². The minimum atomic E-state index is -0.671. The second-order valence-corrected chi connectivity index (χ2v) is 11.4. The first kappa shape index (κ1) is 29.8. The lowest BCUT2D eigenvalue weighted by Crippen LogP contribution is -2.61. The Morgan fingerprint density at radius 1 is 1.23 bits per heavy atom. The van der Waals surface area contributed by atoms with Crippen molar-refractivity contribution in [1.29, 1.82) is 5.41 Å². The maximum Gasteiger partial charge on any atom is 0.219 e. The van der Waals surface area contributed by atoms with Gasteiger partial charge in [-0.2, -0.15) is 0 Å². The van der Waals surface area contributed by atoms with Crippen LogP contribution in [0.4, 0.5) is 5.82 Å². The molecule has 216 valence electrons. The van der Waals surface area contributed by atoms with E-state index in [1.807, 2.05) is 11.8 Å². The van der Waals surface area contributed by atoms with Crippen molar-refractivity contribution >= 4 is 34.6 Å². The zero-order valence-corrected chi connectivity index (χ0v) is 24.6. The van der Waals surface area contributed by atoms with Crippen LogP contribution in [0, 0.1) is 17.7 Å². The molecule has 2 aliphatic heterocycles. The van der Waals surface area contributed by atoms with Crippen LogP contribution >= 0.6 is 11.6 Å². The predicted octanol–water partition coefficient (Wildman–Crippen LogP) is 3.84. The molecule has 0 bridgehead atoms. The number of aromatic nitrogens is 2. The number of benzene rings is 1. The summed E-state index contributed by atoms with van der Waals surface area (Å²) in [6.07, 6.45) is 1.21. The van der Waals surface area contributed by atoms with Gasteiger partial charge in [0.25, 0.3) is 0 Å². The average molecular weight is 571 g/mol. The number of likely N-dealkylation sites (N-methyl/N-ethyl adjacent to an activating group) is 1. The van der Waals surface area contributed by atoms with E-state index >= 15 is 0 Å². The fraction of sp³-hybridized carbons (Fsp3) is 0.517. The first-order chi connectivity index (χ1) is 18.9. The lowest BCUT2D eigenvalue weighted by molar-refractivity contribution is -0.131. The molecule has 0 unspecified atom stereocenters. The monoisotopic (exact) mass is 570 g/mol. The Kier molecular flexibility index (Phi) is 9.02. The van der Waals surface area contributed by atoms with Crippen molar-refractivity contribution in [3.8, 4) is 17.1 Å². The third kappa shape index (κ3) is 6.24. The first-order valence-electron chi connectivity index (χ1n) is 13.5. The number of likely N-dealkylation sites (tertiary alicyclic amines) is 1. The molecule has 3 heterocycles. The molecule has 2 fully saturated rings. The van der Waals surface area contributed by atoms with Crippen molar-refractivity contribution in [3.63, 3.8) is 0 Å². The van der Waals surface area contributed by atoms with Crippen LogP contribution in [0.25, 0.3) is 17.0 Å². The summed E-state index contributed by atoms with van der Waals surface area (Å²) in [7, 11) is 1.76. The Morgan fingerprint density at radius 2 is 1.90 bits per heavy atom. The van der Waals surface area contributed by atoms with Crippen molar-refractivity contribution in [3.05, 3.63) is 40.2 Å². The van der Waals surface area contributed by atoms with Gasteiger partial charge in [-0.1, -0.05) is 11.6 Å².